The number of hydrogen-bond acceptors (Lipinski definition) is 5. The summed E-state index contributed by atoms with van der Waals surface area (Å²) in [6, 6.07) is 8.22. The highest BCUT2D eigenvalue weighted by Gasteiger charge is 2.24. The fourth-order valence-electron chi connectivity index (χ4n) is 3.70. The molecule has 1 aliphatic heterocycles. The molecule has 0 saturated carbocycles. The molecule has 33 heavy (non-hydrogen) atoms. The number of anilines is 1. The van der Waals surface area contributed by atoms with Crippen LogP contribution in [-0.2, 0) is 0 Å². The van der Waals surface area contributed by atoms with Crippen molar-refractivity contribution in [2.75, 3.05) is 18.4 Å². The molecule has 0 unspecified atom stereocenters. The molecule has 4 rings (SSSR count). The van der Waals surface area contributed by atoms with Crippen molar-refractivity contribution in [2.45, 2.75) is 25.8 Å². The molecule has 3 aromatic rings. The summed E-state index contributed by atoms with van der Waals surface area (Å²) >= 11 is 15.8. The monoisotopic (exact) mass is 550 g/mol. The number of nitrogens with one attached hydrogen (secondary N) is 3. The number of rotatable bonds is 5. The number of aromatic nitrogens is 3. The summed E-state index contributed by atoms with van der Waals surface area (Å²) in [5, 5.41) is 14.2. The Hall–Kier alpha value is -2.46. The van der Waals surface area contributed by atoms with Crippen LogP contribution in [0.25, 0.3) is 5.82 Å². The number of piperidine rings is 1. The molecule has 11 heteroatoms. The van der Waals surface area contributed by atoms with Gasteiger partial charge in [-0.25, -0.2) is 9.67 Å². The number of nitrogens with zero attached hydrogens (tertiary/aromatic N) is 3. The van der Waals surface area contributed by atoms with E-state index in [0.29, 0.717) is 37.3 Å². The maximum Gasteiger partial charge on any atom is 0.274 e. The lowest BCUT2D eigenvalue weighted by molar-refractivity contribution is 0.0930. The number of aryl methyl sites for hydroxylation is 1. The van der Waals surface area contributed by atoms with Crippen LogP contribution < -0.4 is 16.0 Å². The number of pyridine rings is 1. The largest absolute Gasteiger partial charge is 0.349 e. The fourth-order valence-corrected chi connectivity index (χ4v) is 4.55. The van der Waals surface area contributed by atoms with Gasteiger partial charge in [-0.1, -0.05) is 23.2 Å². The molecular formula is C22H21BrCl2N6O2. The Balaban J connectivity index is 1.65. The molecule has 1 aromatic carbocycles. The first-order valence-corrected chi connectivity index (χ1v) is 11.9. The highest BCUT2D eigenvalue weighted by molar-refractivity contribution is 9.10. The Morgan fingerprint density at radius 1 is 1.18 bits per heavy atom. The van der Waals surface area contributed by atoms with Gasteiger partial charge < -0.3 is 16.0 Å². The van der Waals surface area contributed by atoms with Crippen LogP contribution in [0.3, 0.4) is 0 Å². The zero-order valence-corrected chi connectivity index (χ0v) is 20.8. The Labute approximate surface area is 209 Å². The number of halogens is 3. The summed E-state index contributed by atoms with van der Waals surface area (Å²) in [6.07, 6.45) is 3.24. The number of hydrogen-bond donors (Lipinski definition) is 3. The fraction of sp³-hybridized carbons (Fsp3) is 0.273. The Bertz CT molecular complexity index is 1210. The summed E-state index contributed by atoms with van der Waals surface area (Å²) in [6.45, 7) is 3.47. The minimum absolute atomic E-state index is 0.0604. The first-order valence-electron chi connectivity index (χ1n) is 10.3. The molecule has 8 nitrogen and oxygen atoms in total. The van der Waals surface area contributed by atoms with Gasteiger partial charge in [0.1, 0.15) is 10.3 Å². The third kappa shape index (κ3) is 5.38. The normalized spacial score (nSPS) is 14.2. The molecule has 1 aliphatic rings. The van der Waals surface area contributed by atoms with E-state index in [0.717, 1.165) is 25.9 Å². The van der Waals surface area contributed by atoms with Gasteiger partial charge in [0.25, 0.3) is 11.8 Å². The lowest BCUT2D eigenvalue weighted by Gasteiger charge is -2.24. The molecule has 2 amide bonds. The highest BCUT2D eigenvalue weighted by atomic mass is 79.9. The molecule has 3 heterocycles. The Morgan fingerprint density at radius 2 is 1.94 bits per heavy atom. The van der Waals surface area contributed by atoms with Crippen molar-refractivity contribution in [2.24, 2.45) is 0 Å². The van der Waals surface area contributed by atoms with E-state index in [4.69, 9.17) is 23.2 Å². The molecule has 0 spiro atoms. The van der Waals surface area contributed by atoms with Crippen molar-refractivity contribution in [3.8, 4) is 5.82 Å². The highest BCUT2D eigenvalue weighted by Crippen LogP contribution is 2.28. The van der Waals surface area contributed by atoms with E-state index in [2.05, 4.69) is 42.0 Å². The van der Waals surface area contributed by atoms with E-state index in [-0.39, 0.29) is 17.6 Å². The second kappa shape index (κ2) is 10.2. The molecule has 1 saturated heterocycles. The standard InChI is InChI=1S/C22H21BrCl2N6O2/c1-12-9-13(24)10-15(21(32)28-14-4-7-26-8-5-14)19(12)29-22(33)17-11-18(23)30-31(17)20-16(25)3-2-6-27-20/h2-3,6,9-11,14,26H,4-5,7-8H2,1H3,(H,28,32)(H,29,33). The van der Waals surface area contributed by atoms with Crippen LogP contribution in [0.1, 0.15) is 39.3 Å². The van der Waals surface area contributed by atoms with Crippen molar-refractivity contribution >= 4 is 56.6 Å². The van der Waals surface area contributed by atoms with Gasteiger partial charge in [0.05, 0.1) is 16.3 Å². The molecule has 0 aliphatic carbocycles. The van der Waals surface area contributed by atoms with Crippen LogP contribution in [0, 0.1) is 6.92 Å². The van der Waals surface area contributed by atoms with Crippen LogP contribution in [0.5, 0.6) is 0 Å². The van der Waals surface area contributed by atoms with Gasteiger partial charge in [-0.15, -0.1) is 0 Å². The smallest absolute Gasteiger partial charge is 0.274 e. The van der Waals surface area contributed by atoms with Crippen molar-refractivity contribution in [1.82, 2.24) is 25.4 Å². The predicted octanol–water partition coefficient (Wildman–Crippen LogP) is 4.38. The molecular weight excluding hydrogens is 531 g/mol. The van der Waals surface area contributed by atoms with Crippen molar-refractivity contribution in [1.29, 1.82) is 0 Å². The molecule has 3 N–H and O–H groups in total. The van der Waals surface area contributed by atoms with Crippen LogP contribution >= 0.6 is 39.1 Å². The minimum Gasteiger partial charge on any atom is -0.349 e. The maximum absolute atomic E-state index is 13.3. The number of benzene rings is 1. The number of carbonyl (C=O) groups excluding carboxylic acids is 2. The first kappa shape index (κ1) is 23.7. The van der Waals surface area contributed by atoms with Crippen molar-refractivity contribution < 1.29 is 9.59 Å². The van der Waals surface area contributed by atoms with Gasteiger partial charge in [-0.3, -0.25) is 9.59 Å². The van der Waals surface area contributed by atoms with Gasteiger partial charge in [0.15, 0.2) is 5.82 Å². The third-order valence-corrected chi connectivity index (χ3v) is 6.21. The van der Waals surface area contributed by atoms with E-state index in [9.17, 15) is 9.59 Å². The van der Waals surface area contributed by atoms with Gasteiger partial charge in [-0.05, 0) is 78.6 Å². The summed E-state index contributed by atoms with van der Waals surface area (Å²) in [7, 11) is 0. The first-order chi connectivity index (χ1) is 15.8. The molecule has 0 radical (unpaired) electrons. The average Bonchev–Trinajstić information content (AvgIpc) is 3.18. The van der Waals surface area contributed by atoms with Gasteiger partial charge in [-0.2, -0.15) is 5.10 Å². The van der Waals surface area contributed by atoms with E-state index < -0.39 is 5.91 Å². The molecule has 2 aromatic heterocycles. The summed E-state index contributed by atoms with van der Waals surface area (Å²) in [5.74, 6) is -0.451. The molecule has 0 atom stereocenters. The van der Waals surface area contributed by atoms with Gasteiger partial charge in [0, 0.05) is 23.3 Å². The summed E-state index contributed by atoms with van der Waals surface area (Å²) in [4.78, 5) is 30.6. The van der Waals surface area contributed by atoms with E-state index in [1.54, 1.807) is 43.5 Å². The zero-order valence-electron chi connectivity index (χ0n) is 17.7. The van der Waals surface area contributed by atoms with Crippen LogP contribution in [0.4, 0.5) is 5.69 Å². The zero-order chi connectivity index (χ0) is 23.5. The molecule has 1 fully saturated rings. The molecule has 0 bridgehead atoms. The van der Waals surface area contributed by atoms with Crippen LogP contribution in [0.15, 0.2) is 41.1 Å². The van der Waals surface area contributed by atoms with Crippen molar-refractivity contribution in [3.63, 3.8) is 0 Å². The topological polar surface area (TPSA) is 101 Å². The second-order valence-corrected chi connectivity index (χ2v) is 9.33. The number of amides is 2. The Kier molecular flexibility index (Phi) is 7.33. The third-order valence-electron chi connectivity index (χ3n) is 5.31. The van der Waals surface area contributed by atoms with Crippen LogP contribution in [0.2, 0.25) is 10.0 Å². The predicted molar refractivity (Wildman–Crippen MR) is 132 cm³/mol. The van der Waals surface area contributed by atoms with E-state index in [1.165, 1.54) is 4.68 Å². The SMILES string of the molecule is Cc1cc(Cl)cc(C(=O)NC2CCNCC2)c1NC(=O)c1cc(Br)nn1-c1ncccc1Cl. The lowest BCUT2D eigenvalue weighted by atomic mass is 10.0. The summed E-state index contributed by atoms with van der Waals surface area (Å²) in [5.41, 5.74) is 1.54. The van der Waals surface area contributed by atoms with Gasteiger partial charge >= 0.3 is 0 Å². The van der Waals surface area contributed by atoms with E-state index >= 15 is 0 Å². The maximum atomic E-state index is 13.3. The second-order valence-electron chi connectivity index (χ2n) is 7.67. The quantitative estimate of drug-likeness (QED) is 0.437. The molecule has 172 valence electrons. The number of carbonyl (C=O) groups is 2. The van der Waals surface area contributed by atoms with Crippen molar-refractivity contribution in [3.05, 3.63) is 68.0 Å². The summed E-state index contributed by atoms with van der Waals surface area (Å²) < 4.78 is 1.79. The lowest BCUT2D eigenvalue weighted by Crippen LogP contribution is -2.43. The van der Waals surface area contributed by atoms with Crippen LogP contribution in [-0.4, -0.2) is 45.7 Å². The van der Waals surface area contributed by atoms with Gasteiger partial charge in [0.2, 0.25) is 0 Å². The van der Waals surface area contributed by atoms with E-state index in [1.807, 2.05) is 0 Å². The average molecular weight is 552 g/mol. The Morgan fingerprint density at radius 3 is 2.67 bits per heavy atom. The minimum atomic E-state index is -0.476.